The van der Waals surface area contributed by atoms with Crippen molar-refractivity contribution in [2.45, 2.75) is 6.17 Å². The van der Waals surface area contributed by atoms with Crippen LogP contribution < -0.4 is 0 Å². The van der Waals surface area contributed by atoms with Crippen LogP contribution in [0.3, 0.4) is 0 Å². The van der Waals surface area contributed by atoms with Gasteiger partial charge in [0.2, 0.25) is 6.17 Å². The van der Waals surface area contributed by atoms with Gasteiger partial charge in [0, 0.05) is 24.8 Å². The van der Waals surface area contributed by atoms with Crippen LogP contribution in [0.25, 0.3) is 0 Å². The highest BCUT2D eigenvalue weighted by Crippen LogP contribution is 2.08. The predicted molar refractivity (Wildman–Crippen MR) is 46.5 cm³/mol. The molecule has 0 bridgehead atoms. The number of nitrogens with zero attached hydrogens (tertiary/aromatic N) is 4. The number of carboxylic acids is 1. The molecule has 0 spiro atoms. The number of rotatable bonds is 3. The molecule has 0 unspecified atom stereocenters. The Morgan fingerprint density at radius 1 is 1.14 bits per heavy atom. The van der Waals surface area contributed by atoms with Gasteiger partial charge in [0.1, 0.15) is 0 Å². The summed E-state index contributed by atoms with van der Waals surface area (Å²) in [6.45, 7) is 0. The lowest BCUT2D eigenvalue weighted by molar-refractivity contribution is -0.141. The number of imidazole rings is 2. The second-order valence-corrected chi connectivity index (χ2v) is 2.73. The summed E-state index contributed by atoms with van der Waals surface area (Å²) in [5.74, 6) is -0.957. The Balaban J connectivity index is 2.40. The first-order valence-corrected chi connectivity index (χ1v) is 3.97. The Labute approximate surface area is 79.5 Å². The first-order chi connectivity index (χ1) is 6.79. The molecule has 14 heavy (non-hydrogen) atoms. The zero-order chi connectivity index (χ0) is 9.97. The van der Waals surface area contributed by atoms with Crippen LogP contribution in [0.4, 0.5) is 0 Å². The number of aliphatic carboxylic acids is 1. The van der Waals surface area contributed by atoms with Gasteiger partial charge in [-0.05, 0) is 0 Å². The lowest BCUT2D eigenvalue weighted by Gasteiger charge is -2.14. The molecule has 2 aromatic rings. The van der Waals surface area contributed by atoms with E-state index in [0.717, 1.165) is 0 Å². The molecule has 0 atom stereocenters. The maximum atomic E-state index is 11.0. The van der Waals surface area contributed by atoms with Gasteiger partial charge in [-0.2, -0.15) is 0 Å². The zero-order valence-corrected chi connectivity index (χ0v) is 7.19. The molecule has 0 saturated heterocycles. The summed E-state index contributed by atoms with van der Waals surface area (Å²) in [5, 5.41) is 9.02. The molecule has 6 heteroatoms. The molecule has 0 aliphatic carbocycles. The van der Waals surface area contributed by atoms with Crippen LogP contribution in [-0.2, 0) is 4.79 Å². The minimum absolute atomic E-state index is 0.819. The second-order valence-electron chi connectivity index (χ2n) is 2.73. The standard InChI is InChI=1S/C8H8N4O2/c13-8(14)7(11-3-1-9-5-11)12-4-2-10-6-12/h1-7H,(H,13,14). The van der Waals surface area contributed by atoms with Crippen molar-refractivity contribution in [3.63, 3.8) is 0 Å². The zero-order valence-electron chi connectivity index (χ0n) is 7.19. The highest BCUT2D eigenvalue weighted by atomic mass is 16.4. The molecule has 6 nitrogen and oxygen atoms in total. The van der Waals surface area contributed by atoms with Gasteiger partial charge in [0.25, 0.3) is 0 Å². The van der Waals surface area contributed by atoms with E-state index in [4.69, 9.17) is 5.11 Å². The van der Waals surface area contributed by atoms with Gasteiger partial charge >= 0.3 is 5.97 Å². The Hall–Kier alpha value is -2.11. The summed E-state index contributed by atoms with van der Waals surface area (Å²) in [4.78, 5) is 18.6. The van der Waals surface area contributed by atoms with Gasteiger partial charge in [-0.15, -0.1) is 0 Å². The molecule has 2 aromatic heterocycles. The predicted octanol–water partition coefficient (Wildman–Crippen LogP) is 0.211. The molecule has 0 aliphatic heterocycles. The summed E-state index contributed by atoms with van der Waals surface area (Å²) in [5.41, 5.74) is 0. The topological polar surface area (TPSA) is 72.9 Å². The lowest BCUT2D eigenvalue weighted by Crippen LogP contribution is -2.24. The Kier molecular flexibility index (Phi) is 2.02. The minimum atomic E-state index is -0.957. The average Bonchev–Trinajstić information content (AvgIpc) is 2.75. The molecular weight excluding hydrogens is 184 g/mol. The summed E-state index contributed by atoms with van der Waals surface area (Å²) < 4.78 is 2.98. The third-order valence-corrected chi connectivity index (χ3v) is 1.84. The van der Waals surface area contributed by atoms with Gasteiger partial charge < -0.3 is 14.2 Å². The quantitative estimate of drug-likeness (QED) is 0.754. The van der Waals surface area contributed by atoms with Crippen LogP contribution in [0, 0.1) is 0 Å². The van der Waals surface area contributed by atoms with Crippen molar-refractivity contribution >= 4 is 5.97 Å². The van der Waals surface area contributed by atoms with Crippen LogP contribution in [0.1, 0.15) is 6.17 Å². The molecule has 2 rings (SSSR count). The van der Waals surface area contributed by atoms with Gasteiger partial charge in [-0.25, -0.2) is 14.8 Å². The molecule has 0 radical (unpaired) electrons. The smallest absolute Gasteiger partial charge is 0.348 e. The third kappa shape index (κ3) is 1.37. The monoisotopic (exact) mass is 192 g/mol. The number of carbonyl (C=O) groups is 1. The Bertz CT molecular complexity index is 372. The van der Waals surface area contributed by atoms with E-state index >= 15 is 0 Å². The molecule has 0 aliphatic rings. The summed E-state index contributed by atoms with van der Waals surface area (Å²) >= 11 is 0. The second kappa shape index (κ2) is 3.33. The largest absolute Gasteiger partial charge is 0.478 e. The van der Waals surface area contributed by atoms with E-state index in [0.29, 0.717) is 0 Å². The van der Waals surface area contributed by atoms with E-state index in [9.17, 15) is 4.79 Å². The van der Waals surface area contributed by atoms with Crippen LogP contribution in [0.15, 0.2) is 37.4 Å². The normalized spacial score (nSPS) is 10.6. The molecule has 2 heterocycles. The fraction of sp³-hybridized carbons (Fsp3) is 0.125. The van der Waals surface area contributed by atoms with Gasteiger partial charge in [-0.3, -0.25) is 0 Å². The maximum absolute atomic E-state index is 11.0. The van der Waals surface area contributed by atoms with Crippen molar-refractivity contribution in [2.75, 3.05) is 0 Å². The molecule has 0 amide bonds. The highest BCUT2D eigenvalue weighted by Gasteiger charge is 2.19. The molecular formula is C8H8N4O2. The first-order valence-electron chi connectivity index (χ1n) is 3.97. The van der Waals surface area contributed by atoms with Gasteiger partial charge in [0.15, 0.2) is 0 Å². The molecule has 0 aromatic carbocycles. The number of hydrogen-bond acceptors (Lipinski definition) is 3. The van der Waals surface area contributed by atoms with Gasteiger partial charge in [0.05, 0.1) is 12.7 Å². The number of carboxylic acid groups (broad SMARTS) is 1. The highest BCUT2D eigenvalue weighted by molar-refractivity contribution is 5.71. The Morgan fingerprint density at radius 2 is 1.64 bits per heavy atom. The van der Waals surface area contributed by atoms with Crippen LogP contribution >= 0.6 is 0 Å². The fourth-order valence-electron chi connectivity index (χ4n) is 1.24. The average molecular weight is 192 g/mol. The third-order valence-electron chi connectivity index (χ3n) is 1.84. The lowest BCUT2D eigenvalue weighted by atomic mass is 10.5. The fourth-order valence-corrected chi connectivity index (χ4v) is 1.24. The van der Waals surface area contributed by atoms with Crippen molar-refractivity contribution in [1.29, 1.82) is 0 Å². The van der Waals surface area contributed by atoms with E-state index in [1.807, 2.05) is 0 Å². The first kappa shape index (κ1) is 8.49. The van der Waals surface area contributed by atoms with Crippen molar-refractivity contribution in [2.24, 2.45) is 0 Å². The maximum Gasteiger partial charge on any atom is 0.348 e. The number of hydrogen-bond donors (Lipinski definition) is 1. The molecule has 0 saturated carbocycles. The van der Waals surface area contributed by atoms with Crippen molar-refractivity contribution < 1.29 is 9.90 Å². The van der Waals surface area contributed by atoms with E-state index in [-0.39, 0.29) is 0 Å². The van der Waals surface area contributed by atoms with E-state index in [2.05, 4.69) is 9.97 Å². The molecule has 72 valence electrons. The molecule has 0 fully saturated rings. The number of aromatic nitrogens is 4. The molecule has 1 N–H and O–H groups in total. The Morgan fingerprint density at radius 3 is 1.93 bits per heavy atom. The van der Waals surface area contributed by atoms with E-state index < -0.39 is 12.1 Å². The van der Waals surface area contributed by atoms with Crippen molar-refractivity contribution in [3.8, 4) is 0 Å². The van der Waals surface area contributed by atoms with Crippen LogP contribution in [0.2, 0.25) is 0 Å². The van der Waals surface area contributed by atoms with E-state index in [1.165, 1.54) is 34.2 Å². The van der Waals surface area contributed by atoms with Gasteiger partial charge in [-0.1, -0.05) is 0 Å². The summed E-state index contributed by atoms with van der Waals surface area (Å²) in [6, 6.07) is 0. The minimum Gasteiger partial charge on any atom is -0.478 e. The van der Waals surface area contributed by atoms with Crippen molar-refractivity contribution in [1.82, 2.24) is 19.1 Å². The van der Waals surface area contributed by atoms with E-state index in [1.54, 1.807) is 12.4 Å². The SMILES string of the molecule is O=C(O)C(n1ccnc1)n1ccnc1. The summed E-state index contributed by atoms with van der Waals surface area (Å²) in [6.07, 6.45) is 8.36. The van der Waals surface area contributed by atoms with Crippen LogP contribution in [0.5, 0.6) is 0 Å². The summed E-state index contributed by atoms with van der Waals surface area (Å²) in [7, 11) is 0. The van der Waals surface area contributed by atoms with Crippen LogP contribution in [-0.4, -0.2) is 30.2 Å². The van der Waals surface area contributed by atoms with Crippen molar-refractivity contribution in [3.05, 3.63) is 37.4 Å².